The highest BCUT2D eigenvalue weighted by Crippen LogP contribution is 2.31. The van der Waals surface area contributed by atoms with Crippen molar-refractivity contribution in [2.24, 2.45) is 11.7 Å². The molecule has 1 aliphatic heterocycles. The largest absolute Gasteiger partial charge is 0.472 e. The van der Waals surface area contributed by atoms with Crippen LogP contribution in [0.25, 0.3) is 0 Å². The summed E-state index contributed by atoms with van der Waals surface area (Å²) in [6.45, 7) is 13.6. The number of anilines is 1. The van der Waals surface area contributed by atoms with Crippen molar-refractivity contribution in [3.63, 3.8) is 0 Å². The van der Waals surface area contributed by atoms with Gasteiger partial charge < -0.3 is 20.5 Å². The van der Waals surface area contributed by atoms with Crippen LogP contribution in [0.15, 0.2) is 18.2 Å². The van der Waals surface area contributed by atoms with E-state index in [1.165, 1.54) is 0 Å². The zero-order chi connectivity index (χ0) is 24.8. The van der Waals surface area contributed by atoms with Gasteiger partial charge in [0.2, 0.25) is 5.88 Å². The summed E-state index contributed by atoms with van der Waals surface area (Å²) < 4.78 is 15.7. The van der Waals surface area contributed by atoms with Gasteiger partial charge in [0, 0.05) is 26.2 Å². The lowest BCUT2D eigenvalue weighted by Crippen LogP contribution is -2.48. The zero-order valence-corrected chi connectivity index (χ0v) is 21.3. The van der Waals surface area contributed by atoms with Crippen molar-refractivity contribution in [1.29, 1.82) is 0 Å². The average molecular weight is 490 g/mol. The molecule has 1 aliphatic rings. The fourth-order valence-corrected chi connectivity index (χ4v) is 4.92. The van der Waals surface area contributed by atoms with Crippen LogP contribution in [0.4, 0.5) is 9.80 Å². The first-order valence-corrected chi connectivity index (χ1v) is 12.3. The molecule has 0 spiro atoms. The van der Waals surface area contributed by atoms with Crippen LogP contribution in [0.2, 0.25) is 0 Å². The fraction of sp³-hybridized carbons (Fsp3) is 0.542. The second-order valence-electron chi connectivity index (χ2n) is 9.19. The van der Waals surface area contributed by atoms with Gasteiger partial charge in [-0.15, -0.1) is 0 Å². The van der Waals surface area contributed by atoms with E-state index in [0.717, 1.165) is 47.9 Å². The quantitative estimate of drug-likeness (QED) is 0.497. The number of amides is 3. The second kappa shape index (κ2) is 11.6. The predicted molar refractivity (Wildman–Crippen MR) is 134 cm³/mol. The van der Waals surface area contributed by atoms with E-state index in [2.05, 4.69) is 46.7 Å². The molecule has 1 aromatic carbocycles. The average Bonchev–Trinajstić information content (AvgIpc) is 3.13. The highest BCUT2D eigenvalue weighted by atomic mass is 32.1. The molecule has 2 heterocycles. The maximum atomic E-state index is 12.5. The van der Waals surface area contributed by atoms with E-state index in [1.807, 2.05) is 26.0 Å². The molecule has 10 heteroatoms. The Labute approximate surface area is 205 Å². The van der Waals surface area contributed by atoms with Crippen molar-refractivity contribution in [3.8, 4) is 5.88 Å². The van der Waals surface area contributed by atoms with Gasteiger partial charge in [0.15, 0.2) is 0 Å². The Kier molecular flexibility index (Phi) is 8.87. The van der Waals surface area contributed by atoms with Gasteiger partial charge in [-0.1, -0.05) is 30.7 Å². The minimum Gasteiger partial charge on any atom is -0.472 e. The number of nitrogens with zero attached hydrogens (tertiary/aromatic N) is 2. The number of carbonyl (C=O) groups is 2. The van der Waals surface area contributed by atoms with Gasteiger partial charge >= 0.3 is 6.03 Å². The molecule has 4 N–H and O–H groups in total. The zero-order valence-electron chi connectivity index (χ0n) is 20.5. The highest BCUT2D eigenvalue weighted by molar-refractivity contribution is 7.11. The smallest absolute Gasteiger partial charge is 0.319 e. The standard InChI is InChI=1S/C24H35N5O4S/c1-14-6-7-19(16(3)8-14)13-32-22-20(21(25)30)23(34-28-22)27-24(31)26-9-15(2)10-29-11-17(4)33-18(5)12-29/h6-8,15,17-18H,9-13H2,1-5H3,(H2,25,30)(H2,26,27,31). The van der Waals surface area contributed by atoms with Gasteiger partial charge in [-0.25, -0.2) is 4.79 Å². The van der Waals surface area contributed by atoms with Gasteiger partial charge in [-0.3, -0.25) is 15.0 Å². The van der Waals surface area contributed by atoms with Crippen molar-refractivity contribution in [2.75, 3.05) is 31.5 Å². The molecule has 3 rings (SSSR count). The van der Waals surface area contributed by atoms with Gasteiger partial charge in [-0.2, -0.15) is 4.37 Å². The third kappa shape index (κ3) is 7.15. The summed E-state index contributed by atoms with van der Waals surface area (Å²) in [5.74, 6) is -0.336. The maximum Gasteiger partial charge on any atom is 0.319 e. The number of rotatable bonds is 9. The molecule has 2 aromatic rings. The summed E-state index contributed by atoms with van der Waals surface area (Å²) in [7, 11) is 0. The van der Waals surface area contributed by atoms with Crippen LogP contribution < -0.4 is 21.1 Å². The number of benzene rings is 1. The number of nitrogens with one attached hydrogen (secondary N) is 2. The number of carbonyl (C=O) groups excluding carboxylic acids is 2. The summed E-state index contributed by atoms with van der Waals surface area (Å²) in [6.07, 6.45) is 0.411. The van der Waals surface area contributed by atoms with Gasteiger partial charge in [0.05, 0.1) is 12.2 Å². The summed E-state index contributed by atoms with van der Waals surface area (Å²) >= 11 is 0.968. The van der Waals surface area contributed by atoms with Crippen molar-refractivity contribution < 1.29 is 19.1 Å². The lowest BCUT2D eigenvalue weighted by molar-refractivity contribution is -0.0707. The molecule has 0 saturated carbocycles. The Morgan fingerprint density at radius 2 is 2.00 bits per heavy atom. The van der Waals surface area contributed by atoms with E-state index < -0.39 is 11.9 Å². The molecule has 3 unspecified atom stereocenters. The monoisotopic (exact) mass is 489 g/mol. The van der Waals surface area contributed by atoms with Crippen LogP contribution in [0.1, 0.15) is 47.8 Å². The molecule has 3 atom stereocenters. The second-order valence-corrected chi connectivity index (χ2v) is 9.96. The van der Waals surface area contributed by atoms with Crippen LogP contribution in [-0.4, -0.2) is 59.6 Å². The van der Waals surface area contributed by atoms with Crippen LogP contribution in [0.5, 0.6) is 5.88 Å². The Morgan fingerprint density at radius 1 is 1.29 bits per heavy atom. The summed E-state index contributed by atoms with van der Waals surface area (Å²) in [5.41, 5.74) is 8.87. The lowest BCUT2D eigenvalue weighted by Gasteiger charge is -2.36. The molecule has 3 amide bonds. The van der Waals surface area contributed by atoms with E-state index in [1.54, 1.807) is 0 Å². The van der Waals surface area contributed by atoms with E-state index >= 15 is 0 Å². The maximum absolute atomic E-state index is 12.5. The number of aryl methyl sites for hydroxylation is 2. The SMILES string of the molecule is Cc1ccc(COc2nsc(NC(=O)NCC(C)CN3CC(C)OC(C)C3)c2C(N)=O)c(C)c1. The molecular formula is C24H35N5O4S. The molecule has 0 aliphatic carbocycles. The molecule has 0 bridgehead atoms. The number of urea groups is 1. The van der Waals surface area contributed by atoms with E-state index in [-0.39, 0.29) is 41.2 Å². The summed E-state index contributed by atoms with van der Waals surface area (Å²) in [4.78, 5) is 26.9. The van der Waals surface area contributed by atoms with Gasteiger partial charge in [0.1, 0.15) is 17.2 Å². The van der Waals surface area contributed by atoms with Crippen LogP contribution in [0, 0.1) is 19.8 Å². The molecule has 34 heavy (non-hydrogen) atoms. The van der Waals surface area contributed by atoms with Crippen molar-refractivity contribution >= 4 is 28.5 Å². The first-order valence-electron chi connectivity index (χ1n) is 11.5. The molecule has 9 nitrogen and oxygen atoms in total. The van der Waals surface area contributed by atoms with E-state index in [4.69, 9.17) is 15.2 Å². The Balaban J connectivity index is 1.53. The van der Waals surface area contributed by atoms with E-state index in [0.29, 0.717) is 6.54 Å². The summed E-state index contributed by atoms with van der Waals surface area (Å²) in [5, 5.41) is 5.83. The number of aromatic nitrogens is 1. The van der Waals surface area contributed by atoms with Crippen LogP contribution in [0.3, 0.4) is 0 Å². The molecular weight excluding hydrogens is 454 g/mol. The number of morpholine rings is 1. The Bertz CT molecular complexity index is 1000. The van der Waals surface area contributed by atoms with Gasteiger partial charge in [0.25, 0.3) is 5.91 Å². The van der Waals surface area contributed by atoms with Crippen molar-refractivity contribution in [1.82, 2.24) is 14.6 Å². The number of nitrogens with two attached hydrogens (primary N) is 1. The van der Waals surface area contributed by atoms with Crippen molar-refractivity contribution in [3.05, 3.63) is 40.5 Å². The Hall–Kier alpha value is -2.69. The van der Waals surface area contributed by atoms with Crippen LogP contribution >= 0.6 is 11.5 Å². The van der Waals surface area contributed by atoms with Crippen molar-refractivity contribution in [2.45, 2.75) is 53.4 Å². The molecule has 186 valence electrons. The lowest BCUT2D eigenvalue weighted by atomic mass is 10.1. The molecule has 1 aromatic heterocycles. The fourth-order valence-electron chi connectivity index (χ4n) is 4.18. The normalized spacial score (nSPS) is 19.4. The third-order valence-electron chi connectivity index (χ3n) is 5.67. The highest BCUT2D eigenvalue weighted by Gasteiger charge is 2.24. The van der Waals surface area contributed by atoms with Crippen LogP contribution in [-0.2, 0) is 11.3 Å². The number of primary amides is 1. The summed E-state index contributed by atoms with van der Waals surface area (Å²) in [6, 6.07) is 5.63. The molecule has 0 radical (unpaired) electrons. The first-order chi connectivity index (χ1) is 16.1. The number of ether oxygens (including phenoxy) is 2. The minimum absolute atomic E-state index is 0.0780. The molecule has 1 saturated heterocycles. The first kappa shape index (κ1) is 25.9. The minimum atomic E-state index is -0.705. The predicted octanol–water partition coefficient (Wildman–Crippen LogP) is 3.30. The number of hydrogen-bond donors (Lipinski definition) is 3. The van der Waals surface area contributed by atoms with Gasteiger partial charge in [-0.05, 0) is 56.3 Å². The topological polar surface area (TPSA) is 119 Å². The molecule has 1 fully saturated rings. The number of hydrogen-bond acceptors (Lipinski definition) is 7. The van der Waals surface area contributed by atoms with E-state index in [9.17, 15) is 9.59 Å². The third-order valence-corrected chi connectivity index (χ3v) is 6.42. The Morgan fingerprint density at radius 3 is 2.65 bits per heavy atom.